The van der Waals surface area contributed by atoms with E-state index in [2.05, 4.69) is 47.5 Å². The van der Waals surface area contributed by atoms with Crippen molar-refractivity contribution in [1.82, 2.24) is 29.9 Å². The van der Waals surface area contributed by atoms with Crippen molar-refractivity contribution in [2.24, 2.45) is 5.92 Å². The van der Waals surface area contributed by atoms with Crippen molar-refractivity contribution in [3.8, 4) is 16.9 Å². The highest BCUT2D eigenvalue weighted by atomic mass is 35.5. The summed E-state index contributed by atoms with van der Waals surface area (Å²) in [7, 11) is -5.68. The molecule has 2 unspecified atom stereocenters. The number of phosphoric ester groups is 1. The standard InChI is InChI=1S/C43H36ClF10N8O7PS.C5H12S.CH4O/c1-4-23-9-10-24(35(55-23)29(15-20-13-21(45)16-22(46)14-20)56-32(63)18-60-38-33(37(57-60)43(52,53)54)26-17-27(26)42(38,50)51)25-11-12-28(44)34-36(25)61(19-41(47,48)49)58-39(34)62(71(3)68)40(64)59(2)30-7-5-6-8-31(30)69-70(65,66)67;1-5(2,3)6-4;1-2/h5-14,16,26-27,29H,4,15,17-19H2,1-3H3,(H,56,63)(H2,65,66,67);1-4H3;2H,1H3/t26-,27+,29?,71?;;/m0../s1. The van der Waals surface area contributed by atoms with E-state index in [0.29, 0.717) is 19.8 Å². The predicted octanol–water partition coefficient (Wildman–Crippen LogP) is 11.3. The lowest BCUT2D eigenvalue weighted by Gasteiger charge is -2.26. The van der Waals surface area contributed by atoms with E-state index in [1.165, 1.54) is 42.5 Å². The first-order chi connectivity index (χ1) is 36.6. The lowest BCUT2D eigenvalue weighted by Crippen LogP contribution is -2.42. The Balaban J connectivity index is 0.00000118. The van der Waals surface area contributed by atoms with Gasteiger partial charge in [0.15, 0.2) is 17.3 Å². The largest absolute Gasteiger partial charge is 0.524 e. The van der Waals surface area contributed by atoms with Crippen LogP contribution in [0.1, 0.15) is 80.0 Å². The van der Waals surface area contributed by atoms with Crippen molar-refractivity contribution in [3.05, 3.63) is 117 Å². The van der Waals surface area contributed by atoms with Gasteiger partial charge in [0.25, 0.3) is 5.92 Å². The van der Waals surface area contributed by atoms with Crippen LogP contribution < -0.4 is 19.0 Å². The summed E-state index contributed by atoms with van der Waals surface area (Å²) >= 11 is 8.60. The summed E-state index contributed by atoms with van der Waals surface area (Å²) in [6.07, 6.45) is -7.78. The van der Waals surface area contributed by atoms with Crippen molar-refractivity contribution in [2.75, 3.05) is 35.9 Å². The number of carbonyl (C=O) groups is 2. The lowest BCUT2D eigenvalue weighted by atomic mass is 9.93. The number of hydrogen-bond acceptors (Lipinski definition) is 10. The van der Waals surface area contributed by atoms with Crippen LogP contribution in [0.2, 0.25) is 5.02 Å². The molecule has 0 bridgehead atoms. The lowest BCUT2D eigenvalue weighted by molar-refractivity contribution is -0.143. The number of hydrogen-bond donors (Lipinski definition) is 4. The number of fused-ring (bicyclic) bond motifs is 4. The Kier molecular flexibility index (Phi) is 18.8. The molecule has 30 heteroatoms. The van der Waals surface area contributed by atoms with Crippen molar-refractivity contribution in [3.63, 3.8) is 0 Å². The van der Waals surface area contributed by atoms with Crippen LogP contribution in [-0.4, -0.2) is 93.2 Å². The quantitative estimate of drug-likeness (QED) is 0.0594. The predicted molar refractivity (Wildman–Crippen MR) is 277 cm³/mol. The number of nitrogens with one attached hydrogen (secondary N) is 1. The number of aromatic nitrogens is 5. The molecule has 3 aromatic heterocycles. The Hall–Kier alpha value is -5.77. The number of rotatable bonds is 14. The number of carbonyl (C=O) groups excluding carboxylic acids is 2. The van der Waals surface area contributed by atoms with Crippen molar-refractivity contribution in [2.45, 2.75) is 95.0 Å². The molecule has 6 aromatic rings. The number of para-hydroxylation sites is 2. The van der Waals surface area contributed by atoms with Gasteiger partial charge in [0.1, 0.15) is 41.4 Å². The first-order valence-corrected chi connectivity index (χ1v) is 28.1. The minimum atomic E-state index is -5.24. The van der Waals surface area contributed by atoms with E-state index in [0.717, 1.165) is 43.5 Å². The Labute approximate surface area is 457 Å². The van der Waals surface area contributed by atoms with Crippen LogP contribution in [-0.2, 0) is 58.4 Å². The molecule has 4 atom stereocenters. The monoisotopic (exact) mass is 1200 g/mol. The van der Waals surface area contributed by atoms with Crippen molar-refractivity contribution < 1.29 is 81.7 Å². The van der Waals surface area contributed by atoms with Gasteiger partial charge in [0, 0.05) is 59.5 Å². The summed E-state index contributed by atoms with van der Waals surface area (Å²) in [5.41, 5.74) is -4.63. The van der Waals surface area contributed by atoms with E-state index in [4.69, 9.17) is 21.2 Å². The molecular formula is C49H52ClF10N8O8PS2. The maximum absolute atomic E-state index is 15.5. The molecule has 3 heterocycles. The Morgan fingerprint density at radius 1 is 0.975 bits per heavy atom. The summed E-state index contributed by atoms with van der Waals surface area (Å²) in [5, 5.41) is 16.2. The molecule has 0 aliphatic heterocycles. The molecule has 1 fully saturated rings. The number of anilines is 2. The SMILES string of the molecule is CCc1ccc(-c2ccc(Cl)c3c(N(C(=O)N(C)c4ccccc4OP(=O)(O)O)S(C)=O)nn(CC(F)(F)F)c23)c(C(Cc2cc(F)cc(F)c2)NC(=O)Cn2nc(C(F)(F)F)c3c2C(F)(F)[C@@H]2C[C@H]32)n1.CO.CSC(C)(C)C. The highest BCUT2D eigenvalue weighted by Gasteiger charge is 2.68. The van der Waals surface area contributed by atoms with E-state index in [1.807, 2.05) is 11.8 Å². The number of phosphoric acid groups is 1. The minimum absolute atomic E-state index is 0.122. The molecule has 0 spiro atoms. The van der Waals surface area contributed by atoms with E-state index >= 15 is 8.78 Å². The molecular weight excluding hydrogens is 1150 g/mol. The highest BCUT2D eigenvalue weighted by Crippen LogP contribution is 2.68. The van der Waals surface area contributed by atoms with E-state index in [1.54, 1.807) is 6.92 Å². The molecule has 3 aromatic carbocycles. The first-order valence-electron chi connectivity index (χ1n) is 23.5. The summed E-state index contributed by atoms with van der Waals surface area (Å²) in [6, 6.07) is 9.52. The second-order valence-corrected chi connectivity index (χ2v) is 23.3. The molecule has 3 amide bonds. The summed E-state index contributed by atoms with van der Waals surface area (Å²) < 4.78 is 178. The molecule has 2 aliphatic rings. The molecule has 16 nitrogen and oxygen atoms in total. The molecule has 1 saturated carbocycles. The third-order valence-corrected chi connectivity index (χ3v) is 15.1. The maximum Gasteiger partial charge on any atom is 0.524 e. The number of urea groups is 1. The Bertz CT molecular complexity index is 3310. The van der Waals surface area contributed by atoms with Gasteiger partial charge in [-0.05, 0) is 73.4 Å². The van der Waals surface area contributed by atoms with Crippen LogP contribution in [0.3, 0.4) is 0 Å². The third-order valence-electron chi connectivity index (χ3n) is 12.3. The number of aryl methyl sites for hydroxylation is 1. The molecule has 430 valence electrons. The molecule has 0 radical (unpaired) electrons. The molecule has 8 rings (SSSR count). The van der Waals surface area contributed by atoms with Gasteiger partial charge in [-0.2, -0.15) is 61.4 Å². The fourth-order valence-corrected chi connectivity index (χ4v) is 10.1. The number of benzene rings is 3. The summed E-state index contributed by atoms with van der Waals surface area (Å²) in [4.78, 5) is 52.8. The number of thioether (sulfide) groups is 1. The minimum Gasteiger partial charge on any atom is -0.402 e. The average molecular weight is 1200 g/mol. The van der Waals surface area contributed by atoms with Gasteiger partial charge in [-0.25, -0.2) is 22.3 Å². The molecule has 2 aliphatic carbocycles. The van der Waals surface area contributed by atoms with Gasteiger partial charge >= 0.3 is 26.2 Å². The van der Waals surface area contributed by atoms with E-state index < -0.39 is 137 Å². The van der Waals surface area contributed by atoms with Gasteiger partial charge in [-0.15, -0.1) is 0 Å². The van der Waals surface area contributed by atoms with Crippen LogP contribution in [0.15, 0.2) is 66.7 Å². The average Bonchev–Trinajstić information content (AvgIpc) is 3.52. The molecule has 4 N–H and O–H groups in total. The third kappa shape index (κ3) is 14.2. The number of amides is 3. The molecule has 0 saturated heterocycles. The smallest absolute Gasteiger partial charge is 0.402 e. The van der Waals surface area contributed by atoms with Crippen LogP contribution in [0, 0.1) is 17.6 Å². The number of alkyl halides is 8. The Morgan fingerprint density at radius 3 is 2.14 bits per heavy atom. The second-order valence-electron chi connectivity index (χ2n) is 18.9. The van der Waals surface area contributed by atoms with Crippen LogP contribution in [0.25, 0.3) is 22.0 Å². The normalized spacial score (nSPS) is 16.4. The number of nitrogens with zero attached hydrogens (tertiary/aromatic N) is 7. The fraction of sp³-hybridized carbons (Fsp3) is 0.408. The van der Waals surface area contributed by atoms with E-state index in [9.17, 15) is 63.3 Å². The van der Waals surface area contributed by atoms with Gasteiger partial charge in [0.2, 0.25) is 5.91 Å². The van der Waals surface area contributed by atoms with Gasteiger partial charge in [-0.3, -0.25) is 33.8 Å². The van der Waals surface area contributed by atoms with Crippen molar-refractivity contribution >= 4 is 76.5 Å². The number of pyridine rings is 1. The topological polar surface area (TPSA) is 205 Å². The maximum atomic E-state index is 15.5. The van der Waals surface area contributed by atoms with E-state index in [-0.39, 0.29) is 56.3 Å². The highest BCUT2D eigenvalue weighted by molar-refractivity contribution is 7.99. The number of aliphatic hydroxyl groups excluding tert-OH is 1. The fourth-order valence-electron chi connectivity index (χ4n) is 8.76. The van der Waals surface area contributed by atoms with Crippen molar-refractivity contribution in [1.29, 1.82) is 0 Å². The molecule has 79 heavy (non-hydrogen) atoms. The Morgan fingerprint density at radius 2 is 1.58 bits per heavy atom. The van der Waals surface area contributed by atoms with Gasteiger partial charge < -0.3 is 14.9 Å². The van der Waals surface area contributed by atoms with Crippen LogP contribution in [0.5, 0.6) is 5.75 Å². The van der Waals surface area contributed by atoms with Gasteiger partial charge in [0.05, 0.1) is 33.3 Å². The zero-order valence-corrected chi connectivity index (χ0v) is 46.3. The second kappa shape index (κ2) is 23.7. The summed E-state index contributed by atoms with van der Waals surface area (Å²) in [5.74, 6) is -11.0. The van der Waals surface area contributed by atoms with Gasteiger partial charge in [-0.1, -0.05) is 63.6 Å². The van der Waals surface area contributed by atoms with Crippen LogP contribution in [0.4, 0.5) is 60.2 Å². The number of halogens is 11. The summed E-state index contributed by atoms with van der Waals surface area (Å²) in [6.45, 7) is 5.16. The first kappa shape index (κ1) is 62.4. The zero-order chi connectivity index (χ0) is 59.1. The van der Waals surface area contributed by atoms with Crippen LogP contribution >= 0.6 is 31.2 Å². The number of aliphatic hydroxyl groups is 1. The zero-order valence-electron chi connectivity index (χ0n) is 43.1.